The number of carbonyl (C=O) groups is 1. The second kappa shape index (κ2) is 10.4. The molecule has 0 saturated carbocycles. The Hall–Kier alpha value is -1.30. The van der Waals surface area contributed by atoms with Gasteiger partial charge in [-0.1, -0.05) is 11.6 Å². The maximum atomic E-state index is 11.1. The molecule has 0 heterocycles. The van der Waals surface area contributed by atoms with Gasteiger partial charge in [0.2, 0.25) is 5.91 Å². The van der Waals surface area contributed by atoms with Crippen LogP contribution in [0.15, 0.2) is 18.2 Å². The van der Waals surface area contributed by atoms with Crippen molar-refractivity contribution in [1.29, 1.82) is 0 Å². The van der Waals surface area contributed by atoms with Crippen LogP contribution in [0.3, 0.4) is 0 Å². The van der Waals surface area contributed by atoms with E-state index in [1.807, 2.05) is 12.1 Å². The average molecular weight is 315 g/mol. The summed E-state index contributed by atoms with van der Waals surface area (Å²) in [6.45, 7) is 2.58. The van der Waals surface area contributed by atoms with E-state index in [4.69, 9.17) is 21.1 Å². The van der Waals surface area contributed by atoms with Gasteiger partial charge in [-0.2, -0.15) is 0 Å². The molecule has 0 aliphatic heterocycles. The lowest BCUT2D eigenvalue weighted by Gasteiger charge is -2.12. The van der Waals surface area contributed by atoms with Crippen LogP contribution in [0.4, 0.5) is 0 Å². The predicted molar refractivity (Wildman–Crippen MR) is 83.8 cm³/mol. The first-order valence-corrected chi connectivity index (χ1v) is 7.36. The Labute approximate surface area is 131 Å². The molecule has 0 fully saturated rings. The molecule has 1 amide bonds. The quantitative estimate of drug-likeness (QED) is 0.648. The van der Waals surface area contributed by atoms with Gasteiger partial charge in [0.05, 0.1) is 13.2 Å². The van der Waals surface area contributed by atoms with Crippen LogP contribution in [-0.2, 0) is 16.1 Å². The van der Waals surface area contributed by atoms with Gasteiger partial charge in [0.15, 0.2) is 0 Å². The van der Waals surface area contributed by atoms with Gasteiger partial charge in [0, 0.05) is 44.3 Å². The zero-order valence-corrected chi connectivity index (χ0v) is 13.3. The Kier molecular flexibility index (Phi) is 8.82. The molecule has 2 N–H and O–H groups in total. The first kappa shape index (κ1) is 17.8. The third-order valence-electron chi connectivity index (χ3n) is 2.91. The number of methoxy groups -OCH3 is 1. The molecule has 0 saturated heterocycles. The molecular weight excluding hydrogens is 292 g/mol. The van der Waals surface area contributed by atoms with E-state index >= 15 is 0 Å². The van der Waals surface area contributed by atoms with Crippen molar-refractivity contribution in [2.24, 2.45) is 0 Å². The molecule has 1 aromatic rings. The van der Waals surface area contributed by atoms with E-state index in [2.05, 4.69) is 10.6 Å². The van der Waals surface area contributed by atoms with Crippen molar-refractivity contribution in [3.63, 3.8) is 0 Å². The third-order valence-corrected chi connectivity index (χ3v) is 3.14. The number of ether oxygens (including phenoxy) is 2. The molecule has 0 aromatic heterocycles. The summed E-state index contributed by atoms with van der Waals surface area (Å²) in [5, 5.41) is 6.53. The summed E-state index contributed by atoms with van der Waals surface area (Å²) in [5.41, 5.74) is 0.999. The van der Waals surface area contributed by atoms with E-state index in [0.29, 0.717) is 37.6 Å². The number of rotatable bonds is 10. The lowest BCUT2D eigenvalue weighted by atomic mass is 10.2. The lowest BCUT2D eigenvalue weighted by Crippen LogP contribution is -2.19. The Balaban J connectivity index is 2.46. The van der Waals surface area contributed by atoms with E-state index in [-0.39, 0.29) is 5.91 Å². The molecule has 5 nitrogen and oxygen atoms in total. The summed E-state index contributed by atoms with van der Waals surface area (Å²) < 4.78 is 10.7. The van der Waals surface area contributed by atoms with E-state index in [1.165, 1.54) is 0 Å². The molecule has 0 aliphatic carbocycles. The number of carbonyl (C=O) groups excluding carboxylic acids is 1. The van der Waals surface area contributed by atoms with Crippen LogP contribution in [0.5, 0.6) is 5.75 Å². The number of amides is 1. The van der Waals surface area contributed by atoms with Crippen molar-refractivity contribution in [3.05, 3.63) is 28.8 Å². The Morgan fingerprint density at radius 1 is 1.33 bits per heavy atom. The predicted octanol–water partition coefficient (Wildman–Crippen LogP) is 1.98. The van der Waals surface area contributed by atoms with Crippen molar-refractivity contribution in [2.75, 3.05) is 33.9 Å². The summed E-state index contributed by atoms with van der Waals surface area (Å²) in [7, 11) is 3.30. The molecule has 1 rings (SSSR count). The number of benzene rings is 1. The fourth-order valence-electron chi connectivity index (χ4n) is 1.76. The van der Waals surface area contributed by atoms with Crippen LogP contribution in [-0.4, -0.2) is 39.8 Å². The number of halogens is 1. The van der Waals surface area contributed by atoms with E-state index < -0.39 is 0 Å². The first-order valence-electron chi connectivity index (χ1n) is 6.99. The second-order valence-electron chi connectivity index (χ2n) is 4.55. The van der Waals surface area contributed by atoms with Crippen LogP contribution in [0.1, 0.15) is 18.4 Å². The Bertz CT molecular complexity index is 441. The monoisotopic (exact) mass is 314 g/mol. The highest BCUT2D eigenvalue weighted by molar-refractivity contribution is 6.30. The molecule has 6 heteroatoms. The van der Waals surface area contributed by atoms with E-state index in [9.17, 15) is 4.79 Å². The first-order chi connectivity index (χ1) is 10.2. The van der Waals surface area contributed by atoms with Gasteiger partial charge >= 0.3 is 0 Å². The largest absolute Gasteiger partial charge is 0.493 e. The van der Waals surface area contributed by atoms with Crippen molar-refractivity contribution >= 4 is 17.5 Å². The summed E-state index contributed by atoms with van der Waals surface area (Å²) in [6.07, 6.45) is 1.14. The highest BCUT2D eigenvalue weighted by Gasteiger charge is 2.05. The van der Waals surface area contributed by atoms with Gasteiger partial charge in [0.25, 0.3) is 0 Å². The van der Waals surface area contributed by atoms with Crippen LogP contribution < -0.4 is 15.4 Å². The highest BCUT2D eigenvalue weighted by Crippen LogP contribution is 2.23. The summed E-state index contributed by atoms with van der Waals surface area (Å²) in [5.74, 6) is 0.817. The van der Waals surface area contributed by atoms with Gasteiger partial charge in [-0.3, -0.25) is 4.79 Å². The normalized spacial score (nSPS) is 10.4. The molecule has 0 unspecified atom stereocenters. The van der Waals surface area contributed by atoms with Gasteiger partial charge < -0.3 is 20.1 Å². The second-order valence-corrected chi connectivity index (χ2v) is 4.98. The molecule has 0 atom stereocenters. The minimum absolute atomic E-state index is 0.0242. The SMILES string of the molecule is CNC(=O)CCCOc1ccc(Cl)cc1CNCCOC. The molecule has 21 heavy (non-hydrogen) atoms. The van der Waals surface area contributed by atoms with Crippen molar-refractivity contribution in [1.82, 2.24) is 10.6 Å². The van der Waals surface area contributed by atoms with E-state index in [1.54, 1.807) is 20.2 Å². The number of hydrogen-bond acceptors (Lipinski definition) is 4. The number of nitrogens with one attached hydrogen (secondary N) is 2. The third kappa shape index (κ3) is 7.32. The molecule has 0 spiro atoms. The maximum Gasteiger partial charge on any atom is 0.219 e. The molecule has 0 aliphatic rings. The summed E-state index contributed by atoms with van der Waals surface area (Å²) in [6, 6.07) is 5.54. The molecule has 0 radical (unpaired) electrons. The Morgan fingerprint density at radius 2 is 2.14 bits per heavy atom. The van der Waals surface area contributed by atoms with Crippen molar-refractivity contribution in [2.45, 2.75) is 19.4 Å². The van der Waals surface area contributed by atoms with Crippen LogP contribution in [0.25, 0.3) is 0 Å². The molecule has 118 valence electrons. The summed E-state index contributed by atoms with van der Waals surface area (Å²) >= 11 is 6.02. The fourth-order valence-corrected chi connectivity index (χ4v) is 1.96. The van der Waals surface area contributed by atoms with E-state index in [0.717, 1.165) is 17.9 Å². The number of hydrogen-bond donors (Lipinski definition) is 2. The molecule has 0 bridgehead atoms. The van der Waals surface area contributed by atoms with Gasteiger partial charge in [-0.05, 0) is 24.6 Å². The van der Waals surface area contributed by atoms with Crippen LogP contribution in [0.2, 0.25) is 5.02 Å². The van der Waals surface area contributed by atoms with Gasteiger partial charge in [-0.25, -0.2) is 0 Å². The minimum Gasteiger partial charge on any atom is -0.493 e. The standard InChI is InChI=1S/C15H23ClN2O3/c1-17-15(19)4-3-8-21-14-6-5-13(16)10-12(14)11-18-7-9-20-2/h5-6,10,18H,3-4,7-9,11H2,1-2H3,(H,17,19). The zero-order chi connectivity index (χ0) is 15.5. The lowest BCUT2D eigenvalue weighted by molar-refractivity contribution is -0.120. The molecular formula is C15H23ClN2O3. The Morgan fingerprint density at radius 3 is 2.86 bits per heavy atom. The van der Waals surface area contributed by atoms with Crippen LogP contribution in [0, 0.1) is 0 Å². The average Bonchev–Trinajstić information content (AvgIpc) is 2.49. The van der Waals surface area contributed by atoms with Gasteiger partial charge in [-0.15, -0.1) is 0 Å². The fraction of sp³-hybridized carbons (Fsp3) is 0.533. The van der Waals surface area contributed by atoms with Crippen molar-refractivity contribution < 1.29 is 14.3 Å². The highest BCUT2D eigenvalue weighted by atomic mass is 35.5. The van der Waals surface area contributed by atoms with Gasteiger partial charge in [0.1, 0.15) is 5.75 Å². The maximum absolute atomic E-state index is 11.1. The minimum atomic E-state index is 0.0242. The zero-order valence-electron chi connectivity index (χ0n) is 12.6. The van der Waals surface area contributed by atoms with Crippen molar-refractivity contribution in [3.8, 4) is 5.75 Å². The summed E-state index contributed by atoms with van der Waals surface area (Å²) in [4.78, 5) is 11.1. The molecule has 1 aromatic carbocycles. The van der Waals surface area contributed by atoms with Crippen LogP contribution >= 0.6 is 11.6 Å². The topological polar surface area (TPSA) is 59.6 Å². The smallest absolute Gasteiger partial charge is 0.219 e.